The number of hydrogen-bond donors (Lipinski definition) is 0. The summed E-state index contributed by atoms with van der Waals surface area (Å²) in [5, 5.41) is 9.11. The molecule has 0 aromatic heterocycles. The molecule has 0 N–H and O–H groups in total. The van der Waals surface area contributed by atoms with E-state index < -0.39 is 0 Å². The highest BCUT2D eigenvalue weighted by Gasteiger charge is 2.13. The zero-order chi connectivity index (χ0) is 16.0. The maximum absolute atomic E-state index is 11.9. The fourth-order valence-electron chi connectivity index (χ4n) is 1.49. The number of likely N-dealkylation sites (N-methyl/N-ethyl adjacent to an activating group) is 1. The van der Waals surface area contributed by atoms with Crippen LogP contribution in [0.15, 0.2) is 30.4 Å². The molecule has 1 aromatic rings. The first-order chi connectivity index (χ1) is 9.90. The van der Waals surface area contributed by atoms with E-state index in [-0.39, 0.29) is 11.5 Å². The molecule has 4 nitrogen and oxygen atoms in total. The maximum Gasteiger partial charge on any atom is 0.264 e. The topological polar surface area (TPSA) is 53.3 Å². The Hall–Kier alpha value is -1.08. The Morgan fingerprint density at radius 1 is 1.43 bits per heavy atom. The van der Waals surface area contributed by atoms with Crippen LogP contribution in [0.3, 0.4) is 0 Å². The minimum Gasteiger partial charge on any atom is -0.487 e. The summed E-state index contributed by atoms with van der Waals surface area (Å²) in [6.07, 6.45) is 3.27. The third kappa shape index (κ3) is 5.00. The number of carbonyl (C=O) groups is 1. The highest BCUT2D eigenvalue weighted by Crippen LogP contribution is 2.29. The predicted octanol–water partition coefficient (Wildman–Crippen LogP) is 3.46. The van der Waals surface area contributed by atoms with E-state index in [1.807, 2.05) is 18.2 Å². The molecule has 0 fully saturated rings. The van der Waals surface area contributed by atoms with E-state index in [2.05, 4.69) is 51.8 Å². The molecule has 0 atom stereocenters. The lowest BCUT2D eigenvalue weighted by atomic mass is 10.1. The molecule has 6 heteroatoms. The molecular formula is C15H14I2N2O2. The van der Waals surface area contributed by atoms with Gasteiger partial charge in [-0.15, -0.1) is 0 Å². The van der Waals surface area contributed by atoms with Gasteiger partial charge in [0.1, 0.15) is 24.0 Å². The van der Waals surface area contributed by atoms with E-state index in [1.54, 1.807) is 26.2 Å². The van der Waals surface area contributed by atoms with Gasteiger partial charge in [0.2, 0.25) is 0 Å². The minimum atomic E-state index is -0.311. The van der Waals surface area contributed by atoms with Crippen LogP contribution in [0.1, 0.15) is 5.56 Å². The summed E-state index contributed by atoms with van der Waals surface area (Å²) >= 11 is 4.34. The third-order valence-corrected chi connectivity index (χ3v) is 4.04. The monoisotopic (exact) mass is 508 g/mol. The molecule has 1 aromatic carbocycles. The van der Waals surface area contributed by atoms with Crippen molar-refractivity contribution in [3.63, 3.8) is 0 Å². The highest BCUT2D eigenvalue weighted by molar-refractivity contribution is 14.1. The molecule has 1 amide bonds. The van der Waals surface area contributed by atoms with Gasteiger partial charge in [0, 0.05) is 14.1 Å². The van der Waals surface area contributed by atoms with Crippen molar-refractivity contribution < 1.29 is 9.53 Å². The van der Waals surface area contributed by atoms with Crippen molar-refractivity contribution in [2.75, 3.05) is 20.7 Å². The van der Waals surface area contributed by atoms with E-state index >= 15 is 0 Å². The van der Waals surface area contributed by atoms with Gasteiger partial charge < -0.3 is 9.64 Å². The van der Waals surface area contributed by atoms with Crippen molar-refractivity contribution in [3.8, 4) is 11.8 Å². The van der Waals surface area contributed by atoms with Crippen molar-refractivity contribution in [1.29, 1.82) is 5.26 Å². The third-order valence-electron chi connectivity index (χ3n) is 2.43. The van der Waals surface area contributed by atoms with Crippen LogP contribution in [0, 0.1) is 18.5 Å². The number of nitrogens with zero attached hydrogens (tertiary/aromatic N) is 2. The molecule has 110 valence electrons. The van der Waals surface area contributed by atoms with E-state index in [0.29, 0.717) is 6.61 Å². The summed E-state index contributed by atoms with van der Waals surface area (Å²) < 4.78 is 7.43. The van der Waals surface area contributed by atoms with E-state index in [0.717, 1.165) is 18.5 Å². The van der Waals surface area contributed by atoms with Gasteiger partial charge in [-0.2, -0.15) is 5.26 Å². The van der Waals surface area contributed by atoms with Crippen LogP contribution in [0.2, 0.25) is 0 Å². The average Bonchev–Trinajstić information content (AvgIpc) is 2.43. The van der Waals surface area contributed by atoms with Gasteiger partial charge in [-0.3, -0.25) is 4.79 Å². The molecule has 0 aliphatic heterocycles. The van der Waals surface area contributed by atoms with Gasteiger partial charge in [-0.25, -0.2) is 0 Å². The summed E-state index contributed by atoms with van der Waals surface area (Å²) in [5.41, 5.74) is 0.896. The van der Waals surface area contributed by atoms with Crippen LogP contribution in [-0.4, -0.2) is 31.5 Å². The van der Waals surface area contributed by atoms with Crippen molar-refractivity contribution in [2.24, 2.45) is 0 Å². The highest BCUT2D eigenvalue weighted by atomic mass is 127. The zero-order valence-corrected chi connectivity index (χ0v) is 16.0. The Bertz CT molecular complexity index is 608. The number of benzene rings is 1. The van der Waals surface area contributed by atoms with Gasteiger partial charge >= 0.3 is 0 Å². The summed E-state index contributed by atoms with van der Waals surface area (Å²) in [5.74, 6) is 0.472. The Kier molecular flexibility index (Phi) is 7.17. The lowest BCUT2D eigenvalue weighted by Crippen LogP contribution is -2.22. The van der Waals surface area contributed by atoms with Crippen LogP contribution < -0.4 is 4.74 Å². The molecule has 0 bridgehead atoms. The fourth-order valence-corrected chi connectivity index (χ4v) is 3.62. The van der Waals surface area contributed by atoms with E-state index in [9.17, 15) is 4.79 Å². The van der Waals surface area contributed by atoms with Crippen molar-refractivity contribution in [3.05, 3.63) is 43.1 Å². The van der Waals surface area contributed by atoms with Gasteiger partial charge in [0.25, 0.3) is 5.91 Å². The number of nitriles is 1. The van der Waals surface area contributed by atoms with Gasteiger partial charge in [-0.05, 0) is 69.0 Å². The number of amides is 1. The Labute approximate surface area is 151 Å². The number of rotatable bonds is 5. The van der Waals surface area contributed by atoms with Crippen LogP contribution in [0.4, 0.5) is 0 Å². The maximum atomic E-state index is 11.9. The lowest BCUT2D eigenvalue weighted by molar-refractivity contribution is -0.124. The molecule has 21 heavy (non-hydrogen) atoms. The molecule has 0 aliphatic rings. The minimum absolute atomic E-state index is 0.103. The number of halogens is 2. The van der Waals surface area contributed by atoms with Crippen molar-refractivity contribution in [1.82, 2.24) is 4.90 Å². The van der Waals surface area contributed by atoms with Gasteiger partial charge in [0.15, 0.2) is 0 Å². The molecule has 0 aliphatic carbocycles. The SMILES string of the molecule is C=CCOc1c(I)cc(/C=C(/C#N)C(=O)N(C)C)cc1I. The fraction of sp³-hybridized carbons (Fsp3) is 0.200. The molecule has 0 unspecified atom stereocenters. The Morgan fingerprint density at radius 3 is 2.43 bits per heavy atom. The summed E-state index contributed by atoms with van der Waals surface area (Å²) in [7, 11) is 3.24. The van der Waals surface area contributed by atoms with Gasteiger partial charge in [0.05, 0.1) is 7.14 Å². The summed E-state index contributed by atoms with van der Waals surface area (Å²) in [4.78, 5) is 13.2. The molecule has 1 rings (SSSR count). The first kappa shape index (κ1) is 18.0. The van der Waals surface area contributed by atoms with E-state index in [1.165, 1.54) is 4.90 Å². The first-order valence-corrected chi connectivity index (χ1v) is 8.12. The average molecular weight is 508 g/mol. The van der Waals surface area contributed by atoms with Crippen LogP contribution in [0.25, 0.3) is 6.08 Å². The predicted molar refractivity (Wildman–Crippen MR) is 99.9 cm³/mol. The largest absolute Gasteiger partial charge is 0.487 e. The lowest BCUT2D eigenvalue weighted by Gasteiger charge is -2.11. The first-order valence-electron chi connectivity index (χ1n) is 5.97. The molecule has 0 heterocycles. The molecular weight excluding hydrogens is 494 g/mol. The molecule has 0 saturated heterocycles. The van der Waals surface area contributed by atoms with Crippen molar-refractivity contribution in [2.45, 2.75) is 0 Å². The number of ether oxygens (including phenoxy) is 1. The van der Waals surface area contributed by atoms with Crippen molar-refractivity contribution >= 4 is 57.2 Å². The normalized spacial score (nSPS) is 10.7. The second-order valence-corrected chi connectivity index (χ2v) is 6.61. The second-order valence-electron chi connectivity index (χ2n) is 4.28. The Morgan fingerprint density at radius 2 is 2.00 bits per heavy atom. The standard InChI is InChI=1S/C15H14I2N2O2/c1-4-5-21-14-12(16)7-10(8-13(14)17)6-11(9-18)15(20)19(2)3/h4,6-8H,1,5H2,2-3H3/b11-6-. The smallest absolute Gasteiger partial charge is 0.264 e. The number of hydrogen-bond acceptors (Lipinski definition) is 3. The van der Waals surface area contributed by atoms with Crippen LogP contribution in [-0.2, 0) is 4.79 Å². The second kappa shape index (κ2) is 8.38. The molecule has 0 radical (unpaired) electrons. The quantitative estimate of drug-likeness (QED) is 0.265. The summed E-state index contributed by atoms with van der Waals surface area (Å²) in [6, 6.07) is 5.69. The summed E-state index contributed by atoms with van der Waals surface area (Å²) in [6.45, 7) is 4.06. The molecule has 0 spiro atoms. The zero-order valence-electron chi connectivity index (χ0n) is 11.7. The molecule has 0 saturated carbocycles. The van der Waals surface area contributed by atoms with Crippen LogP contribution >= 0.6 is 45.2 Å². The number of carbonyl (C=O) groups excluding carboxylic acids is 1. The Balaban J connectivity index is 3.19. The van der Waals surface area contributed by atoms with Crippen LogP contribution in [0.5, 0.6) is 5.75 Å². The van der Waals surface area contributed by atoms with E-state index in [4.69, 9.17) is 10.00 Å². The van der Waals surface area contributed by atoms with Gasteiger partial charge in [-0.1, -0.05) is 12.7 Å².